The Bertz CT molecular complexity index is 585. The summed E-state index contributed by atoms with van der Waals surface area (Å²) in [6.45, 7) is 9.85. The molecule has 0 atom stereocenters. The zero-order valence-electron chi connectivity index (χ0n) is 13.3. The van der Waals surface area contributed by atoms with Crippen molar-refractivity contribution in [3.63, 3.8) is 0 Å². The molecular weight excluding hydrogens is 322 g/mol. The fourth-order valence-corrected chi connectivity index (χ4v) is 2.64. The van der Waals surface area contributed by atoms with Crippen molar-refractivity contribution >= 4 is 21.6 Å². The highest BCUT2D eigenvalue weighted by Gasteiger charge is 2.09. The molecule has 112 valence electrons. The summed E-state index contributed by atoms with van der Waals surface area (Å²) in [7, 11) is 0. The molecule has 2 rings (SSSR count). The van der Waals surface area contributed by atoms with Crippen LogP contribution < -0.4 is 5.32 Å². The third-order valence-corrected chi connectivity index (χ3v) is 4.29. The van der Waals surface area contributed by atoms with Crippen LogP contribution in [0, 0.1) is 0 Å². The lowest BCUT2D eigenvalue weighted by atomic mass is 9.94. The van der Waals surface area contributed by atoms with Gasteiger partial charge >= 0.3 is 0 Å². The van der Waals surface area contributed by atoms with Crippen LogP contribution in [0.4, 0.5) is 5.69 Å². The summed E-state index contributed by atoms with van der Waals surface area (Å²) >= 11 is 3.47. The van der Waals surface area contributed by atoms with E-state index in [1.165, 1.54) is 22.4 Å². The number of halogens is 1. The first kappa shape index (κ1) is 16.1. The molecule has 2 aromatic carbocycles. The summed E-state index contributed by atoms with van der Waals surface area (Å²) in [5, 5.41) is 3.58. The molecule has 1 N–H and O–H groups in total. The zero-order chi connectivity index (χ0) is 15.4. The van der Waals surface area contributed by atoms with Gasteiger partial charge in [-0.1, -0.05) is 67.9 Å². The monoisotopic (exact) mass is 345 g/mol. The van der Waals surface area contributed by atoms with Crippen molar-refractivity contribution < 1.29 is 0 Å². The molecular formula is C19H24BrN. The van der Waals surface area contributed by atoms with E-state index < -0.39 is 0 Å². The highest BCUT2D eigenvalue weighted by atomic mass is 79.9. The van der Waals surface area contributed by atoms with Gasteiger partial charge in [0.1, 0.15) is 0 Å². The van der Waals surface area contributed by atoms with E-state index in [-0.39, 0.29) is 0 Å². The number of nitrogens with one attached hydrogen (secondary N) is 1. The van der Waals surface area contributed by atoms with Crippen molar-refractivity contribution in [3.05, 3.63) is 63.6 Å². The second kappa shape index (κ2) is 7.13. The highest BCUT2D eigenvalue weighted by Crippen LogP contribution is 2.28. The predicted molar refractivity (Wildman–Crippen MR) is 96.1 cm³/mol. The zero-order valence-corrected chi connectivity index (χ0v) is 14.9. The molecule has 0 aromatic heterocycles. The quantitative estimate of drug-likeness (QED) is 0.669. The highest BCUT2D eigenvalue weighted by molar-refractivity contribution is 9.10. The largest absolute Gasteiger partial charge is 0.381 e. The second-order valence-electron chi connectivity index (χ2n) is 6.14. The number of hydrogen-bond acceptors (Lipinski definition) is 1. The summed E-state index contributed by atoms with van der Waals surface area (Å²) < 4.78 is 1.12. The SMILES string of the molecule is CC(C)c1ccc(NCc2ccc(Br)cc2)c(C(C)C)c1. The van der Waals surface area contributed by atoms with E-state index in [1.54, 1.807) is 0 Å². The molecule has 2 heteroatoms. The van der Waals surface area contributed by atoms with Crippen LogP contribution in [-0.2, 0) is 6.54 Å². The van der Waals surface area contributed by atoms with Gasteiger partial charge in [-0.2, -0.15) is 0 Å². The van der Waals surface area contributed by atoms with Crippen LogP contribution in [0.25, 0.3) is 0 Å². The average molecular weight is 346 g/mol. The molecule has 1 nitrogen and oxygen atoms in total. The topological polar surface area (TPSA) is 12.0 Å². The van der Waals surface area contributed by atoms with Gasteiger partial charge in [-0.15, -0.1) is 0 Å². The van der Waals surface area contributed by atoms with Gasteiger partial charge < -0.3 is 5.32 Å². The Morgan fingerprint density at radius 3 is 2.14 bits per heavy atom. The Balaban J connectivity index is 2.17. The summed E-state index contributed by atoms with van der Waals surface area (Å²) in [5.41, 5.74) is 5.35. The average Bonchev–Trinajstić information content (AvgIpc) is 2.46. The van der Waals surface area contributed by atoms with Crippen molar-refractivity contribution in [3.8, 4) is 0 Å². The minimum atomic E-state index is 0.524. The number of hydrogen-bond donors (Lipinski definition) is 1. The van der Waals surface area contributed by atoms with Gasteiger partial charge in [0.2, 0.25) is 0 Å². The van der Waals surface area contributed by atoms with E-state index in [1.807, 2.05) is 0 Å². The van der Waals surface area contributed by atoms with Crippen LogP contribution in [0.15, 0.2) is 46.9 Å². The third kappa shape index (κ3) is 4.34. The number of benzene rings is 2. The predicted octanol–water partition coefficient (Wildman–Crippen LogP) is 6.31. The maximum absolute atomic E-state index is 3.58. The van der Waals surface area contributed by atoms with E-state index in [0.29, 0.717) is 11.8 Å². The van der Waals surface area contributed by atoms with Crippen molar-refractivity contribution in [1.82, 2.24) is 0 Å². The Hall–Kier alpha value is -1.28. The van der Waals surface area contributed by atoms with Crippen LogP contribution in [0.1, 0.15) is 56.2 Å². The molecule has 0 saturated carbocycles. The van der Waals surface area contributed by atoms with E-state index >= 15 is 0 Å². The minimum Gasteiger partial charge on any atom is -0.381 e. The van der Waals surface area contributed by atoms with Crippen LogP contribution in [-0.4, -0.2) is 0 Å². The second-order valence-corrected chi connectivity index (χ2v) is 7.05. The van der Waals surface area contributed by atoms with Gasteiger partial charge in [0.05, 0.1) is 0 Å². The van der Waals surface area contributed by atoms with Crippen LogP contribution in [0.5, 0.6) is 0 Å². The molecule has 0 bridgehead atoms. The van der Waals surface area contributed by atoms with Crippen molar-refractivity contribution in [1.29, 1.82) is 0 Å². The fourth-order valence-electron chi connectivity index (χ4n) is 2.38. The molecule has 0 radical (unpaired) electrons. The van der Waals surface area contributed by atoms with E-state index in [0.717, 1.165) is 11.0 Å². The lowest BCUT2D eigenvalue weighted by molar-refractivity contribution is 0.833. The van der Waals surface area contributed by atoms with E-state index in [9.17, 15) is 0 Å². The normalized spacial score (nSPS) is 11.2. The Labute approximate surface area is 136 Å². The molecule has 0 unspecified atom stereocenters. The van der Waals surface area contributed by atoms with Gasteiger partial charge in [0.15, 0.2) is 0 Å². The van der Waals surface area contributed by atoms with Gasteiger partial charge in [-0.3, -0.25) is 0 Å². The first-order chi connectivity index (χ1) is 9.97. The van der Waals surface area contributed by atoms with Crippen LogP contribution in [0.3, 0.4) is 0 Å². The van der Waals surface area contributed by atoms with Gasteiger partial charge in [-0.05, 0) is 46.7 Å². The van der Waals surface area contributed by atoms with Gasteiger partial charge in [0.25, 0.3) is 0 Å². The maximum Gasteiger partial charge on any atom is 0.0400 e. The van der Waals surface area contributed by atoms with E-state index in [4.69, 9.17) is 0 Å². The van der Waals surface area contributed by atoms with Crippen LogP contribution >= 0.6 is 15.9 Å². The lowest BCUT2D eigenvalue weighted by Gasteiger charge is -2.18. The third-order valence-electron chi connectivity index (χ3n) is 3.76. The summed E-state index contributed by atoms with van der Waals surface area (Å²) in [6.07, 6.45) is 0. The lowest BCUT2D eigenvalue weighted by Crippen LogP contribution is -2.04. The van der Waals surface area contributed by atoms with Crippen molar-refractivity contribution in [2.75, 3.05) is 5.32 Å². The van der Waals surface area contributed by atoms with Crippen molar-refractivity contribution in [2.45, 2.75) is 46.1 Å². The van der Waals surface area contributed by atoms with Gasteiger partial charge in [-0.25, -0.2) is 0 Å². The summed E-state index contributed by atoms with van der Waals surface area (Å²) in [5.74, 6) is 1.10. The maximum atomic E-state index is 3.58. The summed E-state index contributed by atoms with van der Waals surface area (Å²) in [6, 6.07) is 15.3. The molecule has 0 aliphatic rings. The molecule has 0 saturated heterocycles. The Morgan fingerprint density at radius 1 is 0.905 bits per heavy atom. The molecule has 0 spiro atoms. The molecule has 21 heavy (non-hydrogen) atoms. The summed E-state index contributed by atoms with van der Waals surface area (Å²) in [4.78, 5) is 0. The first-order valence-corrected chi connectivity index (χ1v) is 8.39. The van der Waals surface area contributed by atoms with Crippen molar-refractivity contribution in [2.24, 2.45) is 0 Å². The minimum absolute atomic E-state index is 0.524. The fraction of sp³-hybridized carbons (Fsp3) is 0.368. The van der Waals surface area contributed by atoms with Crippen LogP contribution in [0.2, 0.25) is 0 Å². The van der Waals surface area contributed by atoms with E-state index in [2.05, 4.69) is 91.4 Å². The molecule has 0 fully saturated rings. The number of anilines is 1. The molecule has 2 aromatic rings. The van der Waals surface area contributed by atoms with Gasteiger partial charge in [0, 0.05) is 16.7 Å². The molecule has 0 aliphatic heterocycles. The molecule has 0 aliphatic carbocycles. The smallest absolute Gasteiger partial charge is 0.0400 e. The molecule has 0 heterocycles. The number of rotatable bonds is 5. The Morgan fingerprint density at radius 2 is 1.57 bits per heavy atom. The Kier molecular flexibility index (Phi) is 5.46. The standard InChI is InChI=1S/C19H24BrN/c1-13(2)16-7-10-19(18(11-16)14(3)4)21-12-15-5-8-17(20)9-6-15/h5-11,13-14,21H,12H2,1-4H3. The molecule has 0 amide bonds. The first-order valence-electron chi connectivity index (χ1n) is 7.59.